The highest BCUT2D eigenvalue weighted by Gasteiger charge is 2.41. The Hall–Kier alpha value is -4.52. The van der Waals surface area contributed by atoms with E-state index in [0.717, 1.165) is 16.0 Å². The third-order valence-electron chi connectivity index (χ3n) is 6.77. The molecule has 0 radical (unpaired) electrons. The highest BCUT2D eigenvalue weighted by molar-refractivity contribution is 6.22. The monoisotopic (exact) mass is 509 g/mol. The van der Waals surface area contributed by atoms with Crippen molar-refractivity contribution in [1.82, 2.24) is 4.90 Å². The molecule has 2 heterocycles. The first kappa shape index (κ1) is 25.1. The van der Waals surface area contributed by atoms with Crippen molar-refractivity contribution in [2.75, 3.05) is 0 Å². The van der Waals surface area contributed by atoms with Crippen LogP contribution in [0.25, 0.3) is 22.3 Å². The maximum absolute atomic E-state index is 13.6. The summed E-state index contributed by atoms with van der Waals surface area (Å²) < 4.78 is 11.8. The molecule has 0 unspecified atom stereocenters. The Bertz CT molecular complexity index is 1640. The number of fused-ring (bicyclic) bond motifs is 2. The molecule has 7 heteroatoms. The minimum Gasteiger partial charge on any atom is -0.452 e. The summed E-state index contributed by atoms with van der Waals surface area (Å²) in [6.45, 7) is 9.51. The Morgan fingerprint density at radius 2 is 1.50 bits per heavy atom. The highest BCUT2D eigenvalue weighted by Crippen LogP contribution is 2.34. The van der Waals surface area contributed by atoms with E-state index in [9.17, 15) is 19.2 Å². The van der Waals surface area contributed by atoms with E-state index in [2.05, 4.69) is 20.8 Å². The number of hydrogen-bond acceptors (Lipinski definition) is 6. The van der Waals surface area contributed by atoms with Crippen molar-refractivity contribution in [1.29, 1.82) is 0 Å². The van der Waals surface area contributed by atoms with Crippen LogP contribution in [0, 0.1) is 6.92 Å². The van der Waals surface area contributed by atoms with Gasteiger partial charge >= 0.3 is 5.97 Å². The molecule has 1 aromatic heterocycles. The normalized spacial score (nSPS) is 14.1. The second-order valence-corrected chi connectivity index (χ2v) is 10.5. The van der Waals surface area contributed by atoms with E-state index in [0.29, 0.717) is 11.1 Å². The van der Waals surface area contributed by atoms with Gasteiger partial charge < -0.3 is 9.15 Å². The molecule has 1 aliphatic heterocycles. The number of esters is 1. The molecule has 4 aromatic rings. The van der Waals surface area contributed by atoms with Crippen LogP contribution in [0.2, 0.25) is 0 Å². The molecule has 5 rings (SSSR count). The van der Waals surface area contributed by atoms with Crippen LogP contribution < -0.4 is 10.2 Å². The second kappa shape index (κ2) is 9.10. The number of carbonyl (C=O) groups excluding carboxylic acids is 3. The quantitative estimate of drug-likeness (QED) is 0.260. The van der Waals surface area contributed by atoms with Crippen molar-refractivity contribution >= 4 is 28.8 Å². The predicted molar refractivity (Wildman–Crippen MR) is 143 cm³/mol. The van der Waals surface area contributed by atoms with Crippen molar-refractivity contribution < 1.29 is 23.5 Å². The molecule has 0 spiro atoms. The lowest BCUT2D eigenvalue weighted by atomic mass is 9.86. The van der Waals surface area contributed by atoms with Gasteiger partial charge in [0.05, 0.1) is 16.5 Å². The smallest absolute Gasteiger partial charge is 0.334 e. The summed E-state index contributed by atoms with van der Waals surface area (Å²) >= 11 is 0. The Morgan fingerprint density at radius 3 is 2.08 bits per heavy atom. The van der Waals surface area contributed by atoms with Crippen LogP contribution in [0.5, 0.6) is 5.75 Å². The first-order valence-corrected chi connectivity index (χ1v) is 12.3. The van der Waals surface area contributed by atoms with Crippen molar-refractivity contribution in [3.8, 4) is 17.1 Å². The molecule has 0 fully saturated rings. The van der Waals surface area contributed by atoms with Gasteiger partial charge in [0.1, 0.15) is 11.6 Å². The zero-order valence-electron chi connectivity index (χ0n) is 21.8. The van der Waals surface area contributed by atoms with E-state index >= 15 is 0 Å². The number of amides is 2. The Balaban J connectivity index is 1.57. The van der Waals surface area contributed by atoms with Crippen LogP contribution in [-0.4, -0.2) is 28.7 Å². The van der Waals surface area contributed by atoms with Gasteiger partial charge in [0.2, 0.25) is 11.2 Å². The fourth-order valence-electron chi connectivity index (χ4n) is 4.55. The van der Waals surface area contributed by atoms with Gasteiger partial charge in [0.25, 0.3) is 11.8 Å². The summed E-state index contributed by atoms with van der Waals surface area (Å²) in [5.41, 5.74) is 2.65. The van der Waals surface area contributed by atoms with Gasteiger partial charge in [-0.2, -0.15) is 0 Å². The number of benzene rings is 3. The summed E-state index contributed by atoms with van der Waals surface area (Å²) in [6.07, 6.45) is 0. The largest absolute Gasteiger partial charge is 0.452 e. The van der Waals surface area contributed by atoms with Gasteiger partial charge in [-0.25, -0.2) is 4.79 Å². The average molecular weight is 510 g/mol. The lowest BCUT2D eigenvalue weighted by molar-refractivity contribution is -0.138. The fraction of sp³-hybridized carbons (Fsp3) is 0.226. The highest BCUT2D eigenvalue weighted by atomic mass is 16.5. The summed E-state index contributed by atoms with van der Waals surface area (Å²) in [4.78, 5) is 53.6. The minimum atomic E-state index is -1.27. The van der Waals surface area contributed by atoms with Gasteiger partial charge in [0, 0.05) is 5.56 Å². The molecule has 1 atom stereocenters. The van der Waals surface area contributed by atoms with Gasteiger partial charge in [-0.3, -0.25) is 19.3 Å². The molecule has 7 nitrogen and oxygen atoms in total. The maximum Gasteiger partial charge on any atom is 0.334 e. The minimum absolute atomic E-state index is 0.0859. The van der Waals surface area contributed by atoms with Crippen LogP contribution >= 0.6 is 0 Å². The number of rotatable bonds is 4. The van der Waals surface area contributed by atoms with E-state index in [-0.39, 0.29) is 33.4 Å². The number of ether oxygens (including phenoxy) is 1. The van der Waals surface area contributed by atoms with Crippen LogP contribution in [0.4, 0.5) is 0 Å². The molecular weight excluding hydrogens is 482 g/mol. The summed E-state index contributed by atoms with van der Waals surface area (Å²) in [7, 11) is 0. The van der Waals surface area contributed by atoms with Crippen LogP contribution in [0.15, 0.2) is 75.9 Å². The van der Waals surface area contributed by atoms with Crippen LogP contribution in [0.3, 0.4) is 0 Å². The topological polar surface area (TPSA) is 93.9 Å². The van der Waals surface area contributed by atoms with E-state index < -0.39 is 29.3 Å². The Kier molecular flexibility index (Phi) is 6.02. The molecule has 0 aliphatic carbocycles. The number of hydrogen-bond donors (Lipinski definition) is 0. The molecule has 0 saturated heterocycles. The van der Waals surface area contributed by atoms with E-state index in [1.807, 2.05) is 37.3 Å². The lowest BCUT2D eigenvalue weighted by Gasteiger charge is -2.21. The molecule has 192 valence electrons. The molecule has 0 saturated carbocycles. The van der Waals surface area contributed by atoms with Crippen LogP contribution in [-0.2, 0) is 10.2 Å². The SMILES string of the molecule is Cc1ccc2oc(-c3ccc(C(C)(C)C)cc3)c(OC(=O)[C@H](C)N3C(=O)c4ccccc4C3=O)c(=O)c2c1. The van der Waals surface area contributed by atoms with E-state index in [4.69, 9.17) is 9.15 Å². The zero-order valence-corrected chi connectivity index (χ0v) is 21.8. The van der Waals surface area contributed by atoms with E-state index in [1.54, 1.807) is 24.3 Å². The first-order chi connectivity index (χ1) is 18.0. The second-order valence-electron chi connectivity index (χ2n) is 10.5. The summed E-state index contributed by atoms with van der Waals surface area (Å²) in [5.74, 6) is -2.30. The molecular formula is C31H27NO6. The maximum atomic E-state index is 13.6. The van der Waals surface area contributed by atoms with Gasteiger partial charge in [-0.05, 0) is 49.1 Å². The van der Waals surface area contributed by atoms with Gasteiger partial charge in [-0.1, -0.05) is 68.8 Å². The van der Waals surface area contributed by atoms with Gasteiger partial charge in [0.15, 0.2) is 5.76 Å². The third-order valence-corrected chi connectivity index (χ3v) is 6.77. The lowest BCUT2D eigenvalue weighted by Crippen LogP contribution is -2.45. The number of nitrogens with zero attached hydrogens (tertiary/aromatic N) is 1. The van der Waals surface area contributed by atoms with Crippen LogP contribution in [0.1, 0.15) is 59.5 Å². The van der Waals surface area contributed by atoms with Crippen molar-refractivity contribution in [2.45, 2.75) is 46.1 Å². The number of carbonyl (C=O) groups is 3. The number of aryl methyl sites for hydroxylation is 1. The molecule has 38 heavy (non-hydrogen) atoms. The molecule has 1 aliphatic rings. The molecule has 0 bridgehead atoms. The van der Waals surface area contributed by atoms with Crippen molar-refractivity contribution in [2.24, 2.45) is 0 Å². The predicted octanol–water partition coefficient (Wildman–Crippen LogP) is 5.66. The summed E-state index contributed by atoms with van der Waals surface area (Å²) in [5, 5.41) is 0.260. The average Bonchev–Trinajstić information content (AvgIpc) is 3.14. The Morgan fingerprint density at radius 1 is 0.895 bits per heavy atom. The molecule has 3 aromatic carbocycles. The van der Waals surface area contributed by atoms with Crippen molar-refractivity contribution in [3.63, 3.8) is 0 Å². The first-order valence-electron chi connectivity index (χ1n) is 12.3. The third kappa shape index (κ3) is 4.20. The van der Waals surface area contributed by atoms with Gasteiger partial charge in [-0.15, -0.1) is 0 Å². The number of imide groups is 1. The standard InChI is InChI=1S/C31H27NO6/c1-17-10-15-24-23(16-17)25(33)27(26(37-24)19-11-13-20(14-12-19)31(3,4)5)38-30(36)18(2)32-28(34)21-8-6-7-9-22(21)29(32)35/h6-16,18H,1-5H3/t18-/m0/s1. The van der Waals surface area contributed by atoms with E-state index in [1.165, 1.54) is 19.1 Å². The molecule has 0 N–H and O–H groups in total. The Labute approximate surface area is 219 Å². The van der Waals surface area contributed by atoms with Crippen molar-refractivity contribution in [3.05, 3.63) is 99.2 Å². The zero-order chi connectivity index (χ0) is 27.4. The summed E-state index contributed by atoms with van der Waals surface area (Å²) in [6, 6.07) is 17.8. The fourth-order valence-corrected chi connectivity index (χ4v) is 4.55. The molecule has 2 amide bonds.